The van der Waals surface area contributed by atoms with Gasteiger partial charge in [-0.2, -0.15) is 0 Å². The molecule has 0 heterocycles. The molecule has 0 unspecified atom stereocenters. The zero-order valence-electron chi connectivity index (χ0n) is 23.2. The lowest BCUT2D eigenvalue weighted by molar-refractivity contribution is -0.270. The lowest BCUT2D eigenvalue weighted by Gasteiger charge is -2.37. The number of carbonyl (C=O) groups excluding carboxylic acids is 3. The molecule has 3 aromatic carbocycles. The highest BCUT2D eigenvalue weighted by Gasteiger charge is 2.34. The number of anilines is 1. The van der Waals surface area contributed by atoms with E-state index in [2.05, 4.69) is 10.6 Å². The van der Waals surface area contributed by atoms with Gasteiger partial charge in [0.1, 0.15) is 6.09 Å². The summed E-state index contributed by atoms with van der Waals surface area (Å²) < 4.78 is 0. The molecule has 3 amide bonds. The highest BCUT2D eigenvalue weighted by Crippen LogP contribution is 2.29. The number of hydrogen-bond donors (Lipinski definition) is 3. The first-order valence-electron chi connectivity index (χ1n) is 13.4. The second-order valence-corrected chi connectivity index (χ2v) is 11.0. The Morgan fingerprint density at radius 1 is 0.850 bits per heavy atom. The maximum absolute atomic E-state index is 13.3. The summed E-state index contributed by atoms with van der Waals surface area (Å²) in [6.45, 7) is 5.45. The number of rotatable bonds is 12. The van der Waals surface area contributed by atoms with Crippen molar-refractivity contribution in [3.05, 3.63) is 102 Å². The summed E-state index contributed by atoms with van der Waals surface area (Å²) in [7, 11) is 0. The molecule has 0 fully saturated rings. The highest BCUT2D eigenvalue weighted by molar-refractivity contribution is 5.94. The number of nitrogens with one attached hydrogen (secondary N) is 2. The number of carboxylic acid groups (broad SMARTS) is 1. The number of carbonyl (C=O) groups is 3. The molecule has 0 saturated heterocycles. The third kappa shape index (κ3) is 9.24. The summed E-state index contributed by atoms with van der Waals surface area (Å²) in [5, 5.41) is 29.1. The van der Waals surface area contributed by atoms with E-state index >= 15 is 0 Å². The van der Waals surface area contributed by atoms with Crippen LogP contribution < -0.4 is 15.7 Å². The molecule has 8 nitrogen and oxygen atoms in total. The molecule has 0 aliphatic heterocycles. The van der Waals surface area contributed by atoms with Crippen molar-refractivity contribution in [3.63, 3.8) is 0 Å². The van der Waals surface area contributed by atoms with Crippen LogP contribution in [0.15, 0.2) is 91.0 Å². The normalized spacial score (nSPS) is 13.5. The van der Waals surface area contributed by atoms with Crippen LogP contribution in [-0.4, -0.2) is 46.6 Å². The second kappa shape index (κ2) is 14.3. The van der Waals surface area contributed by atoms with Gasteiger partial charge in [-0.1, -0.05) is 99.6 Å². The lowest BCUT2D eigenvalue weighted by Crippen LogP contribution is -2.55. The molecule has 0 aromatic heterocycles. The van der Waals surface area contributed by atoms with Crippen molar-refractivity contribution in [1.82, 2.24) is 10.2 Å². The number of aliphatic hydroxyl groups is 1. The molecule has 3 aromatic rings. The van der Waals surface area contributed by atoms with Crippen LogP contribution in [0.3, 0.4) is 0 Å². The van der Waals surface area contributed by atoms with E-state index in [9.17, 15) is 24.6 Å². The number of para-hydroxylation sites is 1. The summed E-state index contributed by atoms with van der Waals surface area (Å²) in [4.78, 5) is 39.4. The summed E-state index contributed by atoms with van der Waals surface area (Å²) in [5.74, 6) is -1.37. The van der Waals surface area contributed by atoms with Crippen LogP contribution in [0.25, 0.3) is 0 Å². The third-order valence-corrected chi connectivity index (χ3v) is 6.86. The largest absolute Gasteiger partial charge is 0.530 e. The van der Waals surface area contributed by atoms with Crippen LogP contribution >= 0.6 is 0 Å². The molecule has 8 heteroatoms. The molecule has 3 atom stereocenters. The Balaban J connectivity index is 1.74. The predicted octanol–water partition coefficient (Wildman–Crippen LogP) is 3.61. The number of amides is 3. The van der Waals surface area contributed by atoms with Gasteiger partial charge in [0.25, 0.3) is 0 Å². The van der Waals surface area contributed by atoms with E-state index in [1.54, 1.807) is 24.3 Å². The van der Waals surface area contributed by atoms with Crippen molar-refractivity contribution >= 4 is 23.6 Å². The zero-order valence-corrected chi connectivity index (χ0v) is 23.2. The Morgan fingerprint density at radius 3 is 1.90 bits per heavy atom. The van der Waals surface area contributed by atoms with E-state index in [1.165, 1.54) is 0 Å². The van der Waals surface area contributed by atoms with Gasteiger partial charge < -0.3 is 30.5 Å². The van der Waals surface area contributed by atoms with Crippen LogP contribution in [0.4, 0.5) is 10.5 Å². The van der Waals surface area contributed by atoms with E-state index in [0.717, 1.165) is 16.0 Å². The van der Waals surface area contributed by atoms with Crippen molar-refractivity contribution in [1.29, 1.82) is 0 Å². The maximum atomic E-state index is 13.3. The molecule has 212 valence electrons. The Labute approximate surface area is 236 Å². The van der Waals surface area contributed by atoms with Crippen LogP contribution in [-0.2, 0) is 22.6 Å². The summed E-state index contributed by atoms with van der Waals surface area (Å²) in [6, 6.07) is 26.4. The van der Waals surface area contributed by atoms with Gasteiger partial charge in [0.2, 0.25) is 11.8 Å². The first kappa shape index (κ1) is 30.4. The first-order valence-corrected chi connectivity index (χ1v) is 13.4. The number of hydrogen-bond acceptors (Lipinski definition) is 5. The molecular formula is C32H38N3O5-. The fourth-order valence-electron chi connectivity index (χ4n) is 4.58. The predicted molar refractivity (Wildman–Crippen MR) is 153 cm³/mol. The molecule has 0 spiro atoms. The van der Waals surface area contributed by atoms with Gasteiger partial charge >= 0.3 is 0 Å². The van der Waals surface area contributed by atoms with E-state index < -0.39 is 35.5 Å². The highest BCUT2D eigenvalue weighted by atomic mass is 16.4. The minimum Gasteiger partial charge on any atom is -0.530 e. The molecule has 3 N–H and O–H groups in total. The van der Waals surface area contributed by atoms with Gasteiger partial charge in [-0.15, -0.1) is 0 Å². The average molecular weight is 545 g/mol. The van der Waals surface area contributed by atoms with Crippen molar-refractivity contribution in [2.24, 2.45) is 11.3 Å². The van der Waals surface area contributed by atoms with Crippen molar-refractivity contribution in [2.75, 3.05) is 11.9 Å². The van der Waals surface area contributed by atoms with Gasteiger partial charge in [0, 0.05) is 25.2 Å². The van der Waals surface area contributed by atoms with Crippen molar-refractivity contribution < 1.29 is 24.6 Å². The van der Waals surface area contributed by atoms with Gasteiger partial charge in [0.05, 0.1) is 18.1 Å². The second-order valence-electron chi connectivity index (χ2n) is 11.0. The molecule has 40 heavy (non-hydrogen) atoms. The minimum absolute atomic E-state index is 0.0238. The van der Waals surface area contributed by atoms with Gasteiger partial charge in [0.15, 0.2) is 0 Å². The van der Waals surface area contributed by atoms with Gasteiger partial charge in [-0.05, 0) is 35.1 Å². The fraction of sp³-hybridized carbons (Fsp3) is 0.344. The summed E-state index contributed by atoms with van der Waals surface area (Å²) >= 11 is 0. The van der Waals surface area contributed by atoms with Crippen molar-refractivity contribution in [2.45, 2.75) is 52.3 Å². The standard InChI is InChI=1S/C32H39N3O5/c1-32(2,3)26(20-29(37)34-25-17-11-6-12-18-25)30(38)33-21-28(36)27(19-23-13-7-4-8-14-23)35(31(39)40)22-24-15-9-5-10-16-24/h4-18,26-28,36H,19-22H2,1-3H3,(H,33,38)(H,34,37)(H,39,40)/p-1/t26-,27-,28+/m0/s1. The van der Waals surface area contributed by atoms with Crippen molar-refractivity contribution in [3.8, 4) is 0 Å². The summed E-state index contributed by atoms with van der Waals surface area (Å²) in [6.07, 6.45) is -2.47. The Bertz CT molecular complexity index is 1230. The van der Waals surface area contributed by atoms with E-state index in [1.807, 2.05) is 87.5 Å². The minimum atomic E-state index is -1.42. The quantitative estimate of drug-likeness (QED) is 0.322. The maximum Gasteiger partial charge on any atom is 0.225 e. The molecule has 0 bridgehead atoms. The average Bonchev–Trinajstić information content (AvgIpc) is 2.93. The lowest BCUT2D eigenvalue weighted by atomic mass is 9.78. The fourth-order valence-corrected chi connectivity index (χ4v) is 4.58. The van der Waals surface area contributed by atoms with E-state index in [-0.39, 0.29) is 31.8 Å². The first-order chi connectivity index (χ1) is 19.0. The molecule has 3 rings (SSSR count). The van der Waals surface area contributed by atoms with Crippen LogP contribution in [0.2, 0.25) is 0 Å². The van der Waals surface area contributed by atoms with E-state index in [4.69, 9.17) is 0 Å². The SMILES string of the molecule is CC(C)(C)[C@@H](CC(=O)Nc1ccccc1)C(=O)NC[C@@H](O)[C@H](Cc1ccccc1)N(Cc1ccccc1)C(=O)[O-]. The summed E-state index contributed by atoms with van der Waals surface area (Å²) in [5.41, 5.74) is 1.68. The molecular weight excluding hydrogens is 506 g/mol. The molecule has 0 saturated carbocycles. The van der Waals surface area contributed by atoms with Crippen LogP contribution in [0.1, 0.15) is 38.3 Å². The van der Waals surface area contributed by atoms with E-state index in [0.29, 0.717) is 5.69 Å². The number of nitrogens with zero attached hydrogens (tertiary/aromatic N) is 1. The number of benzene rings is 3. The topological polar surface area (TPSA) is 122 Å². The molecule has 0 aliphatic carbocycles. The number of aliphatic hydroxyl groups excluding tert-OH is 1. The Hall–Kier alpha value is -4.17. The monoisotopic (exact) mass is 544 g/mol. The Kier molecular flexibility index (Phi) is 10.8. The zero-order chi connectivity index (χ0) is 29.1. The van der Waals surface area contributed by atoms with Gasteiger partial charge in [-0.25, -0.2) is 0 Å². The van der Waals surface area contributed by atoms with Gasteiger partial charge in [-0.3, -0.25) is 9.59 Å². The van der Waals surface area contributed by atoms with Crippen LogP contribution in [0, 0.1) is 11.3 Å². The van der Waals surface area contributed by atoms with Crippen LogP contribution in [0.5, 0.6) is 0 Å². The molecule has 0 radical (unpaired) electrons. The smallest absolute Gasteiger partial charge is 0.225 e. The third-order valence-electron chi connectivity index (χ3n) is 6.86. The Morgan fingerprint density at radius 2 is 1.38 bits per heavy atom. The molecule has 0 aliphatic rings.